The second-order valence-electron chi connectivity index (χ2n) is 3.02. The van der Waals surface area contributed by atoms with Crippen LogP contribution < -0.4 is 0 Å². The second kappa shape index (κ2) is 5.15. The molecule has 0 amide bonds. The zero-order valence-corrected chi connectivity index (χ0v) is 10.3. The summed E-state index contributed by atoms with van der Waals surface area (Å²) < 4.78 is 14.5. The van der Waals surface area contributed by atoms with Crippen molar-refractivity contribution in [1.82, 2.24) is 0 Å². The van der Waals surface area contributed by atoms with Crippen LogP contribution in [0.1, 0.15) is 24.8 Å². The Morgan fingerprint density at radius 3 is 2.85 bits per heavy atom. The van der Waals surface area contributed by atoms with E-state index in [2.05, 4.69) is 22.6 Å². The normalized spacial score (nSPS) is 12.9. The highest BCUT2D eigenvalue weighted by atomic mass is 127. The van der Waals surface area contributed by atoms with Crippen molar-refractivity contribution in [2.24, 2.45) is 0 Å². The maximum atomic E-state index is 13.4. The van der Waals surface area contributed by atoms with E-state index in [-0.39, 0.29) is 16.8 Å². The Bertz CT molecular complexity index is 288. The van der Waals surface area contributed by atoms with E-state index in [0.717, 1.165) is 16.4 Å². The average molecular weight is 313 g/mol. The molecule has 1 rings (SSSR count). The summed E-state index contributed by atoms with van der Waals surface area (Å²) in [7, 11) is 0. The van der Waals surface area contributed by atoms with Crippen molar-refractivity contribution in [2.75, 3.05) is 4.43 Å². The molecule has 1 atom stereocenters. The van der Waals surface area contributed by atoms with Gasteiger partial charge in [-0.2, -0.15) is 0 Å². The molecule has 72 valence electrons. The van der Waals surface area contributed by atoms with Gasteiger partial charge in [-0.25, -0.2) is 4.39 Å². The molecule has 0 heterocycles. The molecule has 1 aromatic rings. The first-order chi connectivity index (χ1) is 6.16. The Morgan fingerprint density at radius 1 is 1.54 bits per heavy atom. The molecule has 13 heavy (non-hydrogen) atoms. The van der Waals surface area contributed by atoms with Crippen LogP contribution >= 0.6 is 34.2 Å². The third-order valence-electron chi connectivity index (χ3n) is 2.05. The van der Waals surface area contributed by atoms with E-state index in [4.69, 9.17) is 11.6 Å². The predicted molar refractivity (Wildman–Crippen MR) is 63.3 cm³/mol. The monoisotopic (exact) mass is 312 g/mol. The lowest BCUT2D eigenvalue weighted by Gasteiger charge is -2.11. The molecule has 0 aliphatic rings. The van der Waals surface area contributed by atoms with Crippen molar-refractivity contribution in [3.8, 4) is 0 Å². The molecule has 0 radical (unpaired) electrons. The van der Waals surface area contributed by atoms with Gasteiger partial charge in [0.15, 0.2) is 0 Å². The highest BCUT2D eigenvalue weighted by molar-refractivity contribution is 14.1. The summed E-state index contributed by atoms with van der Waals surface area (Å²) in [5, 5.41) is 0.220. The number of rotatable bonds is 3. The molecule has 0 saturated carbocycles. The van der Waals surface area contributed by atoms with Crippen LogP contribution in [0.3, 0.4) is 0 Å². The SMILES string of the molecule is C[C@H](CCI)c1cccc(Cl)c1F. The summed E-state index contributed by atoms with van der Waals surface area (Å²) in [6.45, 7) is 2.02. The quantitative estimate of drug-likeness (QED) is 0.573. The van der Waals surface area contributed by atoms with Crippen molar-refractivity contribution in [3.05, 3.63) is 34.6 Å². The van der Waals surface area contributed by atoms with Gasteiger partial charge in [0, 0.05) is 4.43 Å². The maximum Gasteiger partial charge on any atom is 0.145 e. The minimum atomic E-state index is -0.262. The number of halogens is 3. The molecule has 0 aliphatic carbocycles. The summed E-state index contributed by atoms with van der Waals surface area (Å²) in [5.74, 6) is -0.0166. The minimum Gasteiger partial charge on any atom is -0.205 e. The van der Waals surface area contributed by atoms with Crippen molar-refractivity contribution >= 4 is 34.2 Å². The third-order valence-corrected chi connectivity index (χ3v) is 2.97. The number of benzene rings is 1. The fourth-order valence-corrected chi connectivity index (χ4v) is 2.34. The van der Waals surface area contributed by atoms with Gasteiger partial charge in [-0.1, -0.05) is 53.2 Å². The van der Waals surface area contributed by atoms with Gasteiger partial charge in [-0.05, 0) is 24.0 Å². The molecule has 3 heteroatoms. The van der Waals surface area contributed by atoms with Gasteiger partial charge in [-0.15, -0.1) is 0 Å². The van der Waals surface area contributed by atoms with Crippen LogP contribution in [-0.4, -0.2) is 4.43 Å². The van der Waals surface area contributed by atoms with E-state index in [0.29, 0.717) is 0 Å². The summed E-state index contributed by atoms with van der Waals surface area (Å²) in [4.78, 5) is 0. The van der Waals surface area contributed by atoms with Gasteiger partial charge < -0.3 is 0 Å². The summed E-state index contributed by atoms with van der Waals surface area (Å²) in [5.41, 5.74) is 0.726. The highest BCUT2D eigenvalue weighted by Gasteiger charge is 2.12. The van der Waals surface area contributed by atoms with Crippen LogP contribution in [0.15, 0.2) is 18.2 Å². The lowest BCUT2D eigenvalue weighted by atomic mass is 9.98. The molecule has 0 bridgehead atoms. The van der Waals surface area contributed by atoms with Gasteiger partial charge in [0.05, 0.1) is 5.02 Å². The Kier molecular flexibility index (Phi) is 4.46. The van der Waals surface area contributed by atoms with Crippen molar-refractivity contribution in [1.29, 1.82) is 0 Å². The molecule has 1 aromatic carbocycles. The molecule has 0 unspecified atom stereocenters. The van der Waals surface area contributed by atoms with E-state index in [9.17, 15) is 4.39 Å². The first-order valence-corrected chi connectivity index (χ1v) is 6.07. The van der Waals surface area contributed by atoms with Crippen LogP contribution in [0, 0.1) is 5.82 Å². The lowest BCUT2D eigenvalue weighted by molar-refractivity contribution is 0.586. The lowest BCUT2D eigenvalue weighted by Crippen LogP contribution is -1.98. The number of hydrogen-bond acceptors (Lipinski definition) is 0. The standard InChI is InChI=1S/C10H11ClFI/c1-7(5-6-13)8-3-2-4-9(11)10(8)12/h2-4,7H,5-6H2,1H3/t7-/m1/s1. The largest absolute Gasteiger partial charge is 0.205 e. The van der Waals surface area contributed by atoms with Crippen molar-refractivity contribution in [3.63, 3.8) is 0 Å². The topological polar surface area (TPSA) is 0 Å². The summed E-state index contributed by atoms with van der Waals surface area (Å²) in [6, 6.07) is 5.18. The van der Waals surface area contributed by atoms with E-state index in [1.165, 1.54) is 0 Å². The molecule has 0 N–H and O–H groups in total. The first kappa shape index (κ1) is 11.2. The summed E-state index contributed by atoms with van der Waals surface area (Å²) in [6.07, 6.45) is 0.984. The Morgan fingerprint density at radius 2 is 2.23 bits per heavy atom. The molecule has 0 fully saturated rings. The second-order valence-corrected chi connectivity index (χ2v) is 4.51. The van der Waals surface area contributed by atoms with Gasteiger partial charge in [-0.3, -0.25) is 0 Å². The van der Waals surface area contributed by atoms with Crippen LogP contribution in [0.4, 0.5) is 4.39 Å². The zero-order valence-electron chi connectivity index (χ0n) is 7.36. The van der Waals surface area contributed by atoms with E-state index >= 15 is 0 Å². The first-order valence-electron chi connectivity index (χ1n) is 4.16. The fourth-order valence-electron chi connectivity index (χ4n) is 1.22. The Hall–Kier alpha value is 0.170. The van der Waals surface area contributed by atoms with Gasteiger partial charge in [0.2, 0.25) is 0 Å². The van der Waals surface area contributed by atoms with Gasteiger partial charge in [0.1, 0.15) is 5.82 Å². The smallest absolute Gasteiger partial charge is 0.145 e. The van der Waals surface area contributed by atoms with Crippen LogP contribution in [0.2, 0.25) is 5.02 Å². The molecule has 0 aliphatic heterocycles. The van der Waals surface area contributed by atoms with Crippen molar-refractivity contribution in [2.45, 2.75) is 19.3 Å². The Balaban J connectivity index is 2.93. The number of alkyl halides is 1. The minimum absolute atomic E-state index is 0.220. The number of hydrogen-bond donors (Lipinski definition) is 0. The van der Waals surface area contributed by atoms with Gasteiger partial charge in [0.25, 0.3) is 0 Å². The Labute approximate surface area is 96.6 Å². The molecular weight excluding hydrogens is 301 g/mol. The zero-order chi connectivity index (χ0) is 9.84. The maximum absolute atomic E-state index is 13.4. The third kappa shape index (κ3) is 2.81. The fraction of sp³-hybridized carbons (Fsp3) is 0.400. The van der Waals surface area contributed by atoms with Crippen molar-refractivity contribution < 1.29 is 4.39 Å². The van der Waals surface area contributed by atoms with Crippen LogP contribution in [0.25, 0.3) is 0 Å². The highest BCUT2D eigenvalue weighted by Crippen LogP contribution is 2.26. The van der Waals surface area contributed by atoms with E-state index < -0.39 is 0 Å². The predicted octanol–water partition coefficient (Wildman–Crippen LogP) is 4.41. The van der Waals surface area contributed by atoms with E-state index in [1.54, 1.807) is 18.2 Å². The van der Waals surface area contributed by atoms with Gasteiger partial charge >= 0.3 is 0 Å². The molecule has 0 aromatic heterocycles. The molecule has 0 saturated heterocycles. The molecule has 0 spiro atoms. The molecular formula is C10H11ClFI. The van der Waals surface area contributed by atoms with Crippen LogP contribution in [-0.2, 0) is 0 Å². The van der Waals surface area contributed by atoms with Crippen LogP contribution in [0.5, 0.6) is 0 Å². The van der Waals surface area contributed by atoms with E-state index in [1.807, 2.05) is 6.92 Å². The average Bonchev–Trinajstić information content (AvgIpc) is 2.10. The summed E-state index contributed by atoms with van der Waals surface area (Å²) >= 11 is 7.98. The molecule has 0 nitrogen and oxygen atoms in total.